The Morgan fingerprint density at radius 3 is 2.83 bits per heavy atom. The predicted octanol–water partition coefficient (Wildman–Crippen LogP) is 1.50. The van der Waals surface area contributed by atoms with Crippen molar-refractivity contribution in [3.63, 3.8) is 0 Å². The van der Waals surface area contributed by atoms with E-state index in [2.05, 4.69) is 10.3 Å². The lowest BCUT2D eigenvalue weighted by molar-refractivity contribution is 0.102. The van der Waals surface area contributed by atoms with Crippen LogP contribution in [-0.4, -0.2) is 16.0 Å². The molecule has 2 aromatic rings. The molecule has 0 radical (unpaired) electrons. The van der Waals surface area contributed by atoms with Crippen LogP contribution in [0.15, 0.2) is 42.7 Å². The molecule has 0 fully saturated rings. The third kappa shape index (κ3) is 2.64. The molecule has 5 nitrogen and oxygen atoms in total. The van der Waals surface area contributed by atoms with E-state index in [1.54, 1.807) is 6.07 Å². The number of benzene rings is 1. The Kier molecular flexibility index (Phi) is 3.54. The second-order valence-electron chi connectivity index (χ2n) is 3.75. The summed E-state index contributed by atoms with van der Waals surface area (Å²) in [5.41, 5.74) is 7.39. The third-order valence-corrected chi connectivity index (χ3v) is 2.47. The molecular formula is C13H13N3O2. The van der Waals surface area contributed by atoms with Gasteiger partial charge in [0.05, 0.1) is 11.8 Å². The topological polar surface area (TPSA) is 88.2 Å². The van der Waals surface area contributed by atoms with Crippen molar-refractivity contribution in [3.8, 4) is 5.75 Å². The Labute approximate surface area is 104 Å². The van der Waals surface area contributed by atoms with E-state index in [0.29, 0.717) is 17.8 Å². The first-order valence-corrected chi connectivity index (χ1v) is 5.44. The highest BCUT2D eigenvalue weighted by molar-refractivity contribution is 6.04. The van der Waals surface area contributed by atoms with Crippen molar-refractivity contribution in [1.82, 2.24) is 4.98 Å². The average Bonchev–Trinajstić information content (AvgIpc) is 2.39. The molecule has 0 atom stereocenters. The minimum Gasteiger partial charge on any atom is -0.506 e. The van der Waals surface area contributed by atoms with E-state index in [9.17, 15) is 9.90 Å². The molecule has 0 aliphatic rings. The summed E-state index contributed by atoms with van der Waals surface area (Å²) < 4.78 is 0. The molecule has 0 spiro atoms. The minimum atomic E-state index is -0.334. The lowest BCUT2D eigenvalue weighted by Gasteiger charge is -2.09. The summed E-state index contributed by atoms with van der Waals surface area (Å²) in [4.78, 5) is 15.7. The molecule has 0 saturated carbocycles. The van der Waals surface area contributed by atoms with Crippen LogP contribution in [0.3, 0.4) is 0 Å². The van der Waals surface area contributed by atoms with Crippen LogP contribution >= 0.6 is 0 Å². The maximum atomic E-state index is 11.9. The number of nitrogens with one attached hydrogen (secondary N) is 1. The van der Waals surface area contributed by atoms with Crippen molar-refractivity contribution >= 4 is 11.6 Å². The van der Waals surface area contributed by atoms with Crippen LogP contribution in [0, 0.1) is 0 Å². The molecule has 1 amide bonds. The van der Waals surface area contributed by atoms with Gasteiger partial charge in [0.15, 0.2) is 0 Å². The van der Waals surface area contributed by atoms with Crippen LogP contribution in [0.1, 0.15) is 15.9 Å². The van der Waals surface area contributed by atoms with E-state index in [-0.39, 0.29) is 11.7 Å². The summed E-state index contributed by atoms with van der Waals surface area (Å²) in [6.07, 6.45) is 2.66. The molecular weight excluding hydrogens is 230 g/mol. The van der Waals surface area contributed by atoms with E-state index in [4.69, 9.17) is 5.73 Å². The highest BCUT2D eigenvalue weighted by Crippen LogP contribution is 2.16. The Morgan fingerprint density at radius 2 is 2.11 bits per heavy atom. The Balaban J connectivity index is 2.21. The van der Waals surface area contributed by atoms with Crippen molar-refractivity contribution in [2.75, 3.05) is 5.32 Å². The summed E-state index contributed by atoms with van der Waals surface area (Å²) in [7, 11) is 0. The maximum Gasteiger partial charge on any atom is 0.257 e. The molecule has 0 bridgehead atoms. The second-order valence-corrected chi connectivity index (χ2v) is 3.75. The van der Waals surface area contributed by atoms with Gasteiger partial charge < -0.3 is 16.2 Å². The first kappa shape index (κ1) is 12.1. The van der Waals surface area contributed by atoms with Crippen LogP contribution < -0.4 is 11.1 Å². The Morgan fingerprint density at radius 1 is 1.33 bits per heavy atom. The number of carbonyl (C=O) groups excluding carboxylic acids is 1. The number of carbonyl (C=O) groups is 1. The fourth-order valence-corrected chi connectivity index (χ4v) is 1.57. The summed E-state index contributed by atoms with van der Waals surface area (Å²) >= 11 is 0. The number of hydrogen-bond donors (Lipinski definition) is 3. The predicted molar refractivity (Wildman–Crippen MR) is 68.2 cm³/mol. The molecule has 1 aromatic heterocycles. The highest BCUT2D eigenvalue weighted by Gasteiger charge is 2.09. The number of pyridine rings is 1. The van der Waals surface area contributed by atoms with Crippen molar-refractivity contribution < 1.29 is 9.90 Å². The molecule has 92 valence electrons. The molecule has 0 unspecified atom stereocenters. The number of aromatic nitrogens is 1. The number of rotatable bonds is 3. The lowest BCUT2D eigenvalue weighted by atomic mass is 10.1. The summed E-state index contributed by atoms with van der Waals surface area (Å²) in [5.74, 6) is -0.380. The van der Waals surface area contributed by atoms with Gasteiger partial charge in [-0.25, -0.2) is 0 Å². The van der Waals surface area contributed by atoms with Gasteiger partial charge in [-0.2, -0.15) is 0 Å². The number of anilines is 1. The number of para-hydroxylation sites is 1. The first-order chi connectivity index (χ1) is 8.70. The number of nitrogens with two attached hydrogens (primary N) is 1. The largest absolute Gasteiger partial charge is 0.506 e. The van der Waals surface area contributed by atoms with E-state index < -0.39 is 0 Å². The van der Waals surface area contributed by atoms with Crippen molar-refractivity contribution in [2.24, 2.45) is 5.73 Å². The van der Waals surface area contributed by atoms with E-state index in [1.165, 1.54) is 18.5 Å². The number of aromatic hydroxyl groups is 1. The normalized spacial score (nSPS) is 10.1. The monoisotopic (exact) mass is 243 g/mol. The van der Waals surface area contributed by atoms with Crippen LogP contribution in [0.5, 0.6) is 5.75 Å². The van der Waals surface area contributed by atoms with Crippen molar-refractivity contribution in [1.29, 1.82) is 0 Å². The Bertz CT molecular complexity index is 570. The highest BCUT2D eigenvalue weighted by atomic mass is 16.3. The fourth-order valence-electron chi connectivity index (χ4n) is 1.57. The quantitative estimate of drug-likeness (QED) is 0.762. The zero-order chi connectivity index (χ0) is 13.0. The minimum absolute atomic E-state index is 0.0465. The van der Waals surface area contributed by atoms with E-state index in [0.717, 1.165) is 5.56 Å². The number of nitrogens with zero attached hydrogens (tertiary/aromatic N) is 1. The van der Waals surface area contributed by atoms with Gasteiger partial charge in [-0.3, -0.25) is 9.78 Å². The smallest absolute Gasteiger partial charge is 0.257 e. The molecule has 0 aliphatic carbocycles. The maximum absolute atomic E-state index is 11.9. The zero-order valence-electron chi connectivity index (χ0n) is 9.63. The van der Waals surface area contributed by atoms with Gasteiger partial charge in [0.25, 0.3) is 5.91 Å². The van der Waals surface area contributed by atoms with Crippen LogP contribution in [0.2, 0.25) is 0 Å². The van der Waals surface area contributed by atoms with E-state index in [1.807, 2.05) is 18.2 Å². The molecule has 4 N–H and O–H groups in total. The van der Waals surface area contributed by atoms with Crippen LogP contribution in [0.25, 0.3) is 0 Å². The van der Waals surface area contributed by atoms with Gasteiger partial charge in [-0.15, -0.1) is 0 Å². The fraction of sp³-hybridized carbons (Fsp3) is 0.0769. The van der Waals surface area contributed by atoms with E-state index >= 15 is 0 Å². The summed E-state index contributed by atoms with van der Waals surface area (Å²) in [6.45, 7) is 0.342. The average molecular weight is 243 g/mol. The van der Waals surface area contributed by atoms with Crippen molar-refractivity contribution in [3.05, 3.63) is 53.9 Å². The van der Waals surface area contributed by atoms with Gasteiger partial charge in [0, 0.05) is 18.4 Å². The van der Waals surface area contributed by atoms with Gasteiger partial charge >= 0.3 is 0 Å². The zero-order valence-corrected chi connectivity index (χ0v) is 9.63. The molecule has 18 heavy (non-hydrogen) atoms. The van der Waals surface area contributed by atoms with Gasteiger partial charge in [-0.1, -0.05) is 18.2 Å². The Hall–Kier alpha value is -2.40. The molecule has 1 aromatic carbocycles. The van der Waals surface area contributed by atoms with Crippen LogP contribution in [0.4, 0.5) is 5.69 Å². The number of hydrogen-bond acceptors (Lipinski definition) is 4. The van der Waals surface area contributed by atoms with Crippen molar-refractivity contribution in [2.45, 2.75) is 6.54 Å². The van der Waals surface area contributed by atoms with Crippen LogP contribution in [-0.2, 0) is 6.54 Å². The summed E-state index contributed by atoms with van der Waals surface area (Å²) in [5, 5.41) is 12.0. The SMILES string of the molecule is NCc1ccccc1NC(=O)c1cncc(O)c1. The first-order valence-electron chi connectivity index (χ1n) is 5.44. The van der Waals surface area contributed by atoms with Gasteiger partial charge in [0.2, 0.25) is 0 Å². The second kappa shape index (κ2) is 5.29. The van der Waals surface area contributed by atoms with Gasteiger partial charge in [0.1, 0.15) is 5.75 Å². The standard InChI is InChI=1S/C13H13N3O2/c14-6-9-3-1-2-4-12(9)16-13(18)10-5-11(17)8-15-7-10/h1-5,7-8,17H,6,14H2,(H,16,18). The molecule has 0 saturated heterocycles. The van der Waals surface area contributed by atoms with Gasteiger partial charge in [-0.05, 0) is 17.7 Å². The molecule has 5 heteroatoms. The number of amides is 1. The summed E-state index contributed by atoms with van der Waals surface area (Å²) in [6, 6.07) is 8.64. The molecule has 1 heterocycles. The molecule has 2 rings (SSSR count). The molecule has 0 aliphatic heterocycles. The third-order valence-electron chi connectivity index (χ3n) is 2.47. The lowest BCUT2D eigenvalue weighted by Crippen LogP contribution is -2.14.